The van der Waals surface area contributed by atoms with Gasteiger partial charge in [-0.3, -0.25) is 0 Å². The Morgan fingerprint density at radius 2 is 1.78 bits per heavy atom. The molecule has 2 aromatic carbocycles. The maximum absolute atomic E-state index is 10.9. The van der Waals surface area contributed by atoms with Crippen molar-refractivity contribution in [2.45, 2.75) is 43.9 Å². The van der Waals surface area contributed by atoms with Gasteiger partial charge in [-0.1, -0.05) is 38.1 Å². The zero-order chi connectivity index (χ0) is 26.3. The first-order valence-electron chi connectivity index (χ1n) is 12.1. The highest BCUT2D eigenvalue weighted by molar-refractivity contribution is 7.97. The van der Waals surface area contributed by atoms with E-state index in [-0.39, 0.29) is 21.5 Å². The van der Waals surface area contributed by atoms with Gasteiger partial charge >= 0.3 is 5.97 Å². The van der Waals surface area contributed by atoms with Crippen LogP contribution >= 0.6 is 20.8 Å². The standard InChI is InChI=1S/C26H40N3O5PS/c1-19(2)16-29(36-23-10-8-22(33-3)9-11-23)17-25(30)24(27)14-20-4-6-21(7-5-20)15-28-12-13-35-34-18-26(31)32/h4-11,19,24-25,28,30,35H,12-18,27H2,1-3H3,(H,31,32). The van der Waals surface area contributed by atoms with Crippen LogP contribution in [0.5, 0.6) is 5.75 Å². The lowest BCUT2D eigenvalue weighted by molar-refractivity contribution is -0.139. The van der Waals surface area contributed by atoms with Crippen LogP contribution in [0.2, 0.25) is 0 Å². The van der Waals surface area contributed by atoms with Crippen molar-refractivity contribution in [3.05, 3.63) is 59.7 Å². The van der Waals surface area contributed by atoms with E-state index < -0.39 is 12.1 Å². The first kappa shape index (κ1) is 30.5. The van der Waals surface area contributed by atoms with Crippen molar-refractivity contribution >= 4 is 26.7 Å². The molecule has 0 aromatic heterocycles. The number of nitrogens with zero attached hydrogens (tertiary/aromatic N) is 1. The van der Waals surface area contributed by atoms with Crippen LogP contribution < -0.4 is 15.8 Å². The number of benzene rings is 2. The largest absolute Gasteiger partial charge is 0.497 e. The Hall–Kier alpha value is -1.71. The average molecular weight is 538 g/mol. The molecule has 2 rings (SSSR count). The minimum absolute atomic E-state index is 0.181. The van der Waals surface area contributed by atoms with Crippen molar-refractivity contribution in [2.24, 2.45) is 11.7 Å². The van der Waals surface area contributed by atoms with E-state index in [0.717, 1.165) is 47.6 Å². The summed E-state index contributed by atoms with van der Waals surface area (Å²) in [4.78, 5) is 11.5. The molecule has 0 spiro atoms. The number of aliphatic carboxylic acids is 1. The van der Waals surface area contributed by atoms with Crippen LogP contribution in [0.25, 0.3) is 0 Å². The second-order valence-corrected chi connectivity index (χ2v) is 11.3. The minimum Gasteiger partial charge on any atom is -0.497 e. The summed E-state index contributed by atoms with van der Waals surface area (Å²) in [6, 6.07) is 15.8. The summed E-state index contributed by atoms with van der Waals surface area (Å²) in [6.07, 6.45) is 0.725. The van der Waals surface area contributed by atoms with Gasteiger partial charge in [0.05, 0.1) is 13.2 Å². The molecule has 0 aliphatic heterocycles. The van der Waals surface area contributed by atoms with Gasteiger partial charge in [0, 0.05) is 52.1 Å². The summed E-state index contributed by atoms with van der Waals surface area (Å²) in [7, 11) is 1.83. The topological polar surface area (TPSA) is 117 Å². The van der Waals surface area contributed by atoms with Crippen molar-refractivity contribution < 1.29 is 24.3 Å². The van der Waals surface area contributed by atoms with Gasteiger partial charge in [-0.05, 0) is 59.7 Å². The molecule has 10 heteroatoms. The second-order valence-electron chi connectivity index (χ2n) is 9.01. The van der Waals surface area contributed by atoms with Crippen LogP contribution in [0.1, 0.15) is 25.0 Å². The maximum atomic E-state index is 10.9. The summed E-state index contributed by atoms with van der Waals surface area (Å²) in [5, 5.41) is 22.7. The lowest BCUT2D eigenvalue weighted by Crippen LogP contribution is -2.43. The number of aliphatic hydroxyl groups is 1. The Morgan fingerprint density at radius 3 is 2.39 bits per heavy atom. The number of nitrogens with one attached hydrogen (secondary N) is 1. The fourth-order valence-corrected chi connectivity index (χ4v) is 5.25. The highest BCUT2D eigenvalue weighted by atomic mass is 32.2. The van der Waals surface area contributed by atoms with E-state index in [1.807, 2.05) is 24.3 Å². The molecule has 2 aromatic rings. The Morgan fingerprint density at radius 1 is 1.11 bits per heavy atom. The van der Waals surface area contributed by atoms with E-state index >= 15 is 0 Å². The molecule has 0 saturated carbocycles. The first-order valence-corrected chi connectivity index (χ1v) is 14.0. The molecule has 0 bridgehead atoms. The monoisotopic (exact) mass is 537 g/mol. The van der Waals surface area contributed by atoms with Gasteiger partial charge in [-0.25, -0.2) is 9.10 Å². The van der Waals surface area contributed by atoms with Crippen LogP contribution in [-0.2, 0) is 22.3 Å². The molecule has 36 heavy (non-hydrogen) atoms. The third kappa shape index (κ3) is 12.5. The predicted molar refractivity (Wildman–Crippen MR) is 148 cm³/mol. The number of hydrogen-bond donors (Lipinski definition) is 4. The number of methoxy groups -OCH3 is 1. The van der Waals surface area contributed by atoms with E-state index in [9.17, 15) is 9.90 Å². The number of carboxylic acids is 1. The van der Waals surface area contributed by atoms with Crippen molar-refractivity contribution in [1.82, 2.24) is 9.62 Å². The number of hydrogen-bond acceptors (Lipinski definition) is 8. The normalized spacial score (nSPS) is 13.5. The fourth-order valence-electron chi connectivity index (χ4n) is 3.44. The van der Waals surface area contributed by atoms with E-state index in [4.69, 9.17) is 20.1 Å². The summed E-state index contributed by atoms with van der Waals surface area (Å²) in [5.41, 5.74) is 8.64. The molecule has 0 radical (unpaired) electrons. The Balaban J connectivity index is 1.78. The Bertz CT molecular complexity index is 886. The Labute approximate surface area is 220 Å². The molecule has 200 valence electrons. The molecule has 5 N–H and O–H groups in total. The van der Waals surface area contributed by atoms with Crippen LogP contribution in [0.15, 0.2) is 53.4 Å². The van der Waals surface area contributed by atoms with Gasteiger partial charge in [0.25, 0.3) is 0 Å². The van der Waals surface area contributed by atoms with E-state index in [1.54, 1.807) is 19.1 Å². The van der Waals surface area contributed by atoms with Crippen molar-refractivity contribution in [3.8, 4) is 5.75 Å². The molecule has 0 amide bonds. The molecule has 0 aliphatic rings. The average Bonchev–Trinajstić information content (AvgIpc) is 2.84. The number of rotatable bonds is 18. The van der Waals surface area contributed by atoms with E-state index in [2.05, 4.69) is 47.7 Å². The van der Waals surface area contributed by atoms with Crippen molar-refractivity contribution in [2.75, 3.05) is 39.5 Å². The summed E-state index contributed by atoms with van der Waals surface area (Å²) in [5.74, 6) is 0.336. The maximum Gasteiger partial charge on any atom is 0.329 e. The number of ether oxygens (including phenoxy) is 1. The van der Waals surface area contributed by atoms with Gasteiger partial charge in [0.2, 0.25) is 0 Å². The molecule has 0 saturated heterocycles. The molecule has 3 unspecified atom stereocenters. The summed E-state index contributed by atoms with van der Waals surface area (Å²) in [6.45, 7) is 6.90. The SMILES string of the molecule is COc1ccc(SN(CC(C)C)CC(O)C(N)Cc2ccc(CNCCPOCC(=O)O)cc2)cc1. The zero-order valence-electron chi connectivity index (χ0n) is 21.4. The summed E-state index contributed by atoms with van der Waals surface area (Å²) < 4.78 is 12.5. The number of aliphatic hydroxyl groups excluding tert-OH is 1. The lowest BCUT2D eigenvalue weighted by Gasteiger charge is -2.28. The van der Waals surface area contributed by atoms with Crippen molar-refractivity contribution in [3.63, 3.8) is 0 Å². The highest BCUT2D eigenvalue weighted by Crippen LogP contribution is 2.26. The van der Waals surface area contributed by atoms with Crippen LogP contribution in [0, 0.1) is 5.92 Å². The Kier molecular flexibility index (Phi) is 14.3. The van der Waals surface area contributed by atoms with E-state index in [1.165, 1.54) is 0 Å². The molecule has 3 atom stereocenters. The van der Waals surface area contributed by atoms with Crippen molar-refractivity contribution in [1.29, 1.82) is 0 Å². The molecular formula is C26H40N3O5PS. The first-order chi connectivity index (χ1) is 17.3. The molecule has 0 fully saturated rings. The molecule has 8 nitrogen and oxygen atoms in total. The van der Waals surface area contributed by atoms with Gasteiger partial charge < -0.3 is 30.5 Å². The second kappa shape index (κ2) is 16.9. The minimum atomic E-state index is -0.942. The zero-order valence-corrected chi connectivity index (χ0v) is 23.2. The quantitative estimate of drug-likeness (QED) is 0.129. The third-order valence-electron chi connectivity index (χ3n) is 5.27. The third-order valence-corrected chi connectivity index (χ3v) is 7.11. The molecule has 0 heterocycles. The van der Waals surface area contributed by atoms with Crippen LogP contribution in [0.3, 0.4) is 0 Å². The summed E-state index contributed by atoms with van der Waals surface area (Å²) >= 11 is 1.63. The lowest BCUT2D eigenvalue weighted by atomic mass is 10.0. The van der Waals surface area contributed by atoms with Crippen LogP contribution in [0.4, 0.5) is 0 Å². The number of nitrogens with two attached hydrogens (primary N) is 1. The fraction of sp³-hybridized carbons (Fsp3) is 0.500. The van der Waals surface area contributed by atoms with Gasteiger partial charge in [0.1, 0.15) is 12.4 Å². The van der Waals surface area contributed by atoms with Gasteiger partial charge in [-0.2, -0.15) is 0 Å². The number of carboxylic acid groups (broad SMARTS) is 1. The number of carbonyl (C=O) groups is 1. The molecular weight excluding hydrogens is 497 g/mol. The van der Waals surface area contributed by atoms with Gasteiger partial charge in [0.15, 0.2) is 0 Å². The van der Waals surface area contributed by atoms with Gasteiger partial charge in [-0.15, -0.1) is 0 Å². The highest BCUT2D eigenvalue weighted by Gasteiger charge is 2.20. The molecule has 0 aliphatic carbocycles. The predicted octanol–water partition coefficient (Wildman–Crippen LogP) is 3.38. The van der Waals surface area contributed by atoms with E-state index in [0.29, 0.717) is 18.9 Å². The van der Waals surface area contributed by atoms with Crippen LogP contribution in [-0.4, -0.2) is 72.1 Å². The smallest absolute Gasteiger partial charge is 0.329 e.